The van der Waals surface area contributed by atoms with Gasteiger partial charge in [0.2, 0.25) is 0 Å². The van der Waals surface area contributed by atoms with Crippen molar-refractivity contribution in [3.8, 4) is 5.75 Å². The summed E-state index contributed by atoms with van der Waals surface area (Å²) >= 11 is 4.50. The van der Waals surface area contributed by atoms with Crippen LogP contribution in [0.2, 0.25) is 0 Å². The third kappa shape index (κ3) is 2.83. The van der Waals surface area contributed by atoms with Crippen LogP contribution in [0, 0.1) is 5.82 Å². The fourth-order valence-electron chi connectivity index (χ4n) is 1.23. The SMILES string of the molecule is O=C(Nc1ccc(O)cc1F)c1ccc(Br)s1. The molecule has 0 atom stereocenters. The second-order valence-corrected chi connectivity index (χ2v) is 5.69. The topological polar surface area (TPSA) is 49.3 Å². The molecule has 1 heterocycles. The van der Waals surface area contributed by atoms with Crippen molar-refractivity contribution in [2.24, 2.45) is 0 Å². The van der Waals surface area contributed by atoms with E-state index in [-0.39, 0.29) is 17.3 Å². The Morgan fingerprint density at radius 2 is 2.12 bits per heavy atom. The molecule has 0 aliphatic heterocycles. The van der Waals surface area contributed by atoms with Gasteiger partial charge in [-0.1, -0.05) is 0 Å². The van der Waals surface area contributed by atoms with Gasteiger partial charge >= 0.3 is 0 Å². The molecule has 0 aliphatic carbocycles. The summed E-state index contributed by atoms with van der Waals surface area (Å²) in [5, 5.41) is 11.5. The zero-order chi connectivity index (χ0) is 12.4. The zero-order valence-electron chi connectivity index (χ0n) is 8.41. The van der Waals surface area contributed by atoms with Gasteiger partial charge < -0.3 is 10.4 Å². The molecule has 0 fully saturated rings. The summed E-state index contributed by atoms with van der Waals surface area (Å²) in [7, 11) is 0. The Morgan fingerprint density at radius 3 is 2.71 bits per heavy atom. The number of aromatic hydroxyl groups is 1. The predicted octanol–water partition coefficient (Wildman–Crippen LogP) is 3.61. The van der Waals surface area contributed by atoms with Gasteiger partial charge in [0.1, 0.15) is 11.6 Å². The van der Waals surface area contributed by atoms with Crippen LogP contribution in [0.1, 0.15) is 9.67 Å². The number of benzene rings is 1. The fraction of sp³-hybridized carbons (Fsp3) is 0. The van der Waals surface area contributed by atoms with Crippen LogP contribution in [0.15, 0.2) is 34.1 Å². The number of thiophene rings is 1. The van der Waals surface area contributed by atoms with Crippen LogP contribution >= 0.6 is 27.3 Å². The maximum atomic E-state index is 13.4. The van der Waals surface area contributed by atoms with Gasteiger partial charge in [0.25, 0.3) is 5.91 Å². The third-order valence-electron chi connectivity index (χ3n) is 2.00. The van der Waals surface area contributed by atoms with E-state index < -0.39 is 5.82 Å². The van der Waals surface area contributed by atoms with Gasteiger partial charge in [-0.2, -0.15) is 0 Å². The first-order valence-electron chi connectivity index (χ1n) is 4.61. The molecule has 0 aliphatic rings. The molecule has 0 saturated heterocycles. The normalized spacial score (nSPS) is 10.2. The van der Waals surface area contributed by atoms with Crippen molar-refractivity contribution < 1.29 is 14.3 Å². The number of halogens is 2. The van der Waals surface area contributed by atoms with Gasteiger partial charge in [-0.05, 0) is 40.2 Å². The van der Waals surface area contributed by atoms with Crippen LogP contribution in [0.4, 0.5) is 10.1 Å². The summed E-state index contributed by atoms with van der Waals surface area (Å²) in [6.07, 6.45) is 0. The molecule has 0 saturated carbocycles. The van der Waals surface area contributed by atoms with Crippen molar-refractivity contribution in [3.05, 3.63) is 44.8 Å². The van der Waals surface area contributed by atoms with Crippen molar-refractivity contribution in [2.75, 3.05) is 5.32 Å². The number of carbonyl (C=O) groups is 1. The van der Waals surface area contributed by atoms with Crippen molar-refractivity contribution in [2.45, 2.75) is 0 Å². The Bertz CT molecular complexity index is 570. The quantitative estimate of drug-likeness (QED) is 0.832. The molecule has 1 aromatic heterocycles. The van der Waals surface area contributed by atoms with Crippen molar-refractivity contribution >= 4 is 38.9 Å². The van der Waals surface area contributed by atoms with Gasteiger partial charge in [0.15, 0.2) is 0 Å². The highest BCUT2D eigenvalue weighted by molar-refractivity contribution is 9.11. The maximum Gasteiger partial charge on any atom is 0.265 e. The summed E-state index contributed by atoms with van der Waals surface area (Å²) in [4.78, 5) is 12.2. The number of carbonyl (C=O) groups excluding carboxylic acids is 1. The maximum absolute atomic E-state index is 13.4. The number of phenolic OH excluding ortho intramolecular Hbond substituents is 1. The Hall–Kier alpha value is -1.40. The summed E-state index contributed by atoms with van der Waals surface area (Å²) in [5.41, 5.74) is 0.0392. The molecule has 2 aromatic rings. The molecular formula is C11H7BrFNO2S. The number of phenols is 1. The van der Waals surface area contributed by atoms with Crippen molar-refractivity contribution in [1.29, 1.82) is 0 Å². The number of amides is 1. The molecule has 88 valence electrons. The Labute approximate surface area is 109 Å². The predicted molar refractivity (Wildman–Crippen MR) is 68.0 cm³/mol. The van der Waals surface area contributed by atoms with Gasteiger partial charge in [-0.15, -0.1) is 11.3 Å². The number of anilines is 1. The van der Waals surface area contributed by atoms with Crippen molar-refractivity contribution in [1.82, 2.24) is 0 Å². The fourth-order valence-corrected chi connectivity index (χ4v) is 2.51. The summed E-state index contributed by atoms with van der Waals surface area (Å²) < 4.78 is 14.2. The van der Waals surface area contributed by atoms with Gasteiger partial charge in [0, 0.05) is 6.07 Å². The standard InChI is InChI=1S/C11H7BrFNO2S/c12-10-4-3-9(17-10)11(16)14-8-2-1-6(15)5-7(8)13/h1-5,15H,(H,14,16). The first kappa shape index (κ1) is 12.1. The highest BCUT2D eigenvalue weighted by Gasteiger charge is 2.11. The number of nitrogens with one attached hydrogen (secondary N) is 1. The van der Waals surface area contributed by atoms with Crippen LogP contribution in [0.5, 0.6) is 5.75 Å². The van der Waals surface area contributed by atoms with E-state index in [1.54, 1.807) is 12.1 Å². The second kappa shape index (κ2) is 4.85. The molecule has 0 bridgehead atoms. The van der Waals surface area contributed by atoms with E-state index in [0.717, 1.165) is 9.85 Å². The Morgan fingerprint density at radius 1 is 1.35 bits per heavy atom. The molecule has 2 N–H and O–H groups in total. The monoisotopic (exact) mass is 315 g/mol. The lowest BCUT2D eigenvalue weighted by atomic mass is 10.3. The molecular weight excluding hydrogens is 309 g/mol. The lowest BCUT2D eigenvalue weighted by molar-refractivity contribution is 0.103. The summed E-state index contributed by atoms with van der Waals surface area (Å²) in [6, 6.07) is 6.95. The van der Waals surface area contributed by atoms with E-state index in [1.807, 2.05) is 0 Å². The van der Waals surface area contributed by atoms with E-state index in [0.29, 0.717) is 4.88 Å². The molecule has 1 amide bonds. The highest BCUT2D eigenvalue weighted by Crippen LogP contribution is 2.24. The minimum absolute atomic E-state index is 0.0392. The summed E-state index contributed by atoms with van der Waals surface area (Å²) in [6.45, 7) is 0. The lowest BCUT2D eigenvalue weighted by Gasteiger charge is -2.04. The molecule has 17 heavy (non-hydrogen) atoms. The molecule has 3 nitrogen and oxygen atoms in total. The van der Waals surface area contributed by atoms with Crippen LogP contribution < -0.4 is 5.32 Å². The first-order valence-corrected chi connectivity index (χ1v) is 6.22. The molecule has 0 radical (unpaired) electrons. The highest BCUT2D eigenvalue weighted by atomic mass is 79.9. The zero-order valence-corrected chi connectivity index (χ0v) is 10.8. The van der Waals surface area contributed by atoms with E-state index in [4.69, 9.17) is 5.11 Å². The average molecular weight is 316 g/mol. The lowest BCUT2D eigenvalue weighted by Crippen LogP contribution is -2.11. The molecule has 1 aromatic carbocycles. The van der Waals surface area contributed by atoms with Crippen LogP contribution in [0.25, 0.3) is 0 Å². The van der Waals surface area contributed by atoms with E-state index in [2.05, 4.69) is 21.2 Å². The van der Waals surface area contributed by atoms with Gasteiger partial charge in [-0.25, -0.2) is 4.39 Å². The Balaban J connectivity index is 2.18. The second-order valence-electron chi connectivity index (χ2n) is 3.22. The van der Waals surface area contributed by atoms with E-state index in [1.165, 1.54) is 23.5 Å². The molecule has 6 heteroatoms. The average Bonchev–Trinajstić information content (AvgIpc) is 2.69. The molecule has 0 unspecified atom stereocenters. The van der Waals surface area contributed by atoms with Crippen molar-refractivity contribution in [3.63, 3.8) is 0 Å². The van der Waals surface area contributed by atoms with Crippen LogP contribution in [-0.2, 0) is 0 Å². The van der Waals surface area contributed by atoms with E-state index in [9.17, 15) is 9.18 Å². The smallest absolute Gasteiger partial charge is 0.265 e. The molecule has 2 rings (SSSR count). The number of hydrogen-bond donors (Lipinski definition) is 2. The minimum Gasteiger partial charge on any atom is -0.508 e. The minimum atomic E-state index is -0.672. The first-order chi connectivity index (χ1) is 8.06. The number of hydrogen-bond acceptors (Lipinski definition) is 3. The Kier molecular flexibility index (Phi) is 3.44. The molecule has 0 spiro atoms. The van der Waals surface area contributed by atoms with Gasteiger partial charge in [-0.3, -0.25) is 4.79 Å². The largest absolute Gasteiger partial charge is 0.508 e. The summed E-state index contributed by atoms with van der Waals surface area (Å²) in [5.74, 6) is -1.24. The third-order valence-corrected chi connectivity index (χ3v) is 3.62. The van der Waals surface area contributed by atoms with Crippen LogP contribution in [0.3, 0.4) is 0 Å². The van der Waals surface area contributed by atoms with E-state index >= 15 is 0 Å². The van der Waals surface area contributed by atoms with Crippen LogP contribution in [-0.4, -0.2) is 11.0 Å². The number of rotatable bonds is 2. The van der Waals surface area contributed by atoms with Gasteiger partial charge in [0.05, 0.1) is 14.4 Å².